The van der Waals surface area contributed by atoms with Crippen LogP contribution in [0.15, 0.2) is 52.1 Å². The van der Waals surface area contributed by atoms with Crippen molar-refractivity contribution in [2.24, 2.45) is 0 Å². The summed E-state index contributed by atoms with van der Waals surface area (Å²) in [7, 11) is 0. The smallest absolute Gasteiger partial charge is 0.243 e. The van der Waals surface area contributed by atoms with Gasteiger partial charge in [0.15, 0.2) is 5.82 Å². The van der Waals surface area contributed by atoms with Crippen molar-refractivity contribution in [1.82, 2.24) is 20.5 Å². The van der Waals surface area contributed by atoms with E-state index in [0.29, 0.717) is 16.7 Å². The van der Waals surface area contributed by atoms with Crippen molar-refractivity contribution in [1.29, 1.82) is 0 Å². The Hall–Kier alpha value is -2.65. The minimum Gasteiger partial charge on any atom is -0.346 e. The van der Waals surface area contributed by atoms with Gasteiger partial charge in [0.25, 0.3) is 0 Å². The van der Waals surface area contributed by atoms with Crippen LogP contribution < -0.4 is 10.6 Å². The third-order valence-corrected chi connectivity index (χ3v) is 5.37. The van der Waals surface area contributed by atoms with Crippen LogP contribution in [0.3, 0.4) is 0 Å². The molecular weight excluding hydrogens is 454 g/mol. The summed E-state index contributed by atoms with van der Waals surface area (Å²) < 4.78 is 0.941. The van der Waals surface area contributed by atoms with E-state index in [9.17, 15) is 9.59 Å². The molecule has 1 heterocycles. The van der Waals surface area contributed by atoms with E-state index in [1.54, 1.807) is 0 Å². The molecule has 0 aliphatic heterocycles. The fraction of sp³-hybridized carbons (Fsp3) is 0.200. The first-order chi connectivity index (χ1) is 13.9. The zero-order valence-electron chi connectivity index (χ0n) is 16.0. The molecule has 3 rings (SSSR count). The van der Waals surface area contributed by atoms with Gasteiger partial charge in [-0.05, 0) is 37.6 Å². The largest absolute Gasteiger partial charge is 0.346 e. The Morgan fingerprint density at radius 1 is 1.10 bits per heavy atom. The number of aromatic amines is 1. The molecule has 0 spiro atoms. The number of rotatable bonds is 7. The van der Waals surface area contributed by atoms with Crippen molar-refractivity contribution in [3.8, 4) is 11.4 Å². The number of anilines is 1. The van der Waals surface area contributed by atoms with Crippen molar-refractivity contribution in [3.05, 3.63) is 58.1 Å². The number of nitrogens with one attached hydrogen (secondary N) is 3. The number of thioether (sulfide) groups is 1. The highest BCUT2D eigenvalue weighted by Crippen LogP contribution is 2.20. The van der Waals surface area contributed by atoms with Crippen LogP contribution in [0.2, 0.25) is 0 Å². The Kier molecular flexibility index (Phi) is 7.05. The van der Waals surface area contributed by atoms with E-state index in [2.05, 4.69) is 41.7 Å². The average molecular weight is 474 g/mol. The van der Waals surface area contributed by atoms with E-state index in [4.69, 9.17) is 0 Å². The molecule has 150 valence electrons. The lowest BCUT2D eigenvalue weighted by atomic mass is 10.1. The first-order valence-corrected chi connectivity index (χ1v) is 10.6. The summed E-state index contributed by atoms with van der Waals surface area (Å²) in [5.41, 5.74) is 3.74. The molecule has 0 aliphatic carbocycles. The number of H-pyrrole nitrogens is 1. The fourth-order valence-corrected chi connectivity index (χ4v) is 3.58. The van der Waals surface area contributed by atoms with Gasteiger partial charge in [-0.25, -0.2) is 4.98 Å². The van der Waals surface area contributed by atoms with Gasteiger partial charge in [-0.1, -0.05) is 57.5 Å². The Labute approximate surface area is 181 Å². The summed E-state index contributed by atoms with van der Waals surface area (Å²) in [5.74, 6) is 0.223. The summed E-state index contributed by atoms with van der Waals surface area (Å²) in [4.78, 5) is 28.4. The van der Waals surface area contributed by atoms with E-state index < -0.39 is 0 Å². The van der Waals surface area contributed by atoms with Crippen LogP contribution in [0.4, 0.5) is 5.69 Å². The Morgan fingerprint density at radius 2 is 1.86 bits per heavy atom. The Balaban J connectivity index is 1.44. The van der Waals surface area contributed by atoms with Gasteiger partial charge < -0.3 is 10.6 Å². The van der Waals surface area contributed by atoms with Crippen LogP contribution in [0.5, 0.6) is 0 Å². The summed E-state index contributed by atoms with van der Waals surface area (Å²) in [5, 5.41) is 12.8. The number of hydrogen-bond donors (Lipinski definition) is 3. The first-order valence-electron chi connectivity index (χ1n) is 8.85. The number of aromatic nitrogens is 3. The van der Waals surface area contributed by atoms with Gasteiger partial charge in [-0.15, -0.1) is 5.10 Å². The molecule has 3 aromatic rings. The molecule has 9 heteroatoms. The number of nitrogens with zero attached hydrogens (tertiary/aromatic N) is 2. The van der Waals surface area contributed by atoms with Gasteiger partial charge in [0.2, 0.25) is 17.0 Å². The number of amides is 2. The highest BCUT2D eigenvalue weighted by molar-refractivity contribution is 9.10. The molecule has 0 aliphatic rings. The van der Waals surface area contributed by atoms with Crippen molar-refractivity contribution < 1.29 is 9.59 Å². The van der Waals surface area contributed by atoms with Gasteiger partial charge in [0.05, 0.1) is 12.3 Å². The number of benzene rings is 2. The average Bonchev–Trinajstić information content (AvgIpc) is 3.16. The molecule has 0 radical (unpaired) electrons. The summed E-state index contributed by atoms with van der Waals surface area (Å²) in [6, 6.07) is 13.5. The lowest BCUT2D eigenvalue weighted by Gasteiger charge is -2.09. The van der Waals surface area contributed by atoms with E-state index >= 15 is 0 Å². The van der Waals surface area contributed by atoms with Gasteiger partial charge >= 0.3 is 0 Å². The minimum absolute atomic E-state index is 0.0997. The summed E-state index contributed by atoms with van der Waals surface area (Å²) in [6.07, 6.45) is 0. The second kappa shape index (κ2) is 9.71. The maximum absolute atomic E-state index is 12.0. The zero-order chi connectivity index (χ0) is 20.8. The highest BCUT2D eigenvalue weighted by Gasteiger charge is 2.11. The zero-order valence-corrected chi connectivity index (χ0v) is 18.4. The van der Waals surface area contributed by atoms with Crippen LogP contribution in [-0.4, -0.2) is 39.3 Å². The molecule has 0 fully saturated rings. The predicted molar refractivity (Wildman–Crippen MR) is 118 cm³/mol. The molecule has 0 atom stereocenters. The standard InChI is InChI=1S/C20H20BrN5O2S/c1-12-3-5-14(6-4-12)19-24-20(26-25-19)29-11-18(28)22-10-17(27)23-16-8-7-15(21)9-13(16)2/h3-9H,10-11H2,1-2H3,(H,22,28)(H,23,27)(H,24,25,26). The van der Waals surface area contributed by atoms with Gasteiger partial charge in [-0.3, -0.25) is 14.7 Å². The van der Waals surface area contributed by atoms with Crippen LogP contribution in [0.1, 0.15) is 11.1 Å². The molecule has 0 saturated heterocycles. The van der Waals surface area contributed by atoms with Crippen molar-refractivity contribution in [2.75, 3.05) is 17.6 Å². The van der Waals surface area contributed by atoms with Crippen molar-refractivity contribution in [2.45, 2.75) is 19.0 Å². The normalized spacial score (nSPS) is 10.6. The van der Waals surface area contributed by atoms with Gasteiger partial charge in [-0.2, -0.15) is 0 Å². The maximum atomic E-state index is 12.0. The van der Waals surface area contributed by atoms with Gasteiger partial charge in [0, 0.05) is 15.7 Å². The van der Waals surface area contributed by atoms with Crippen LogP contribution >= 0.6 is 27.7 Å². The third-order valence-electron chi connectivity index (χ3n) is 4.03. The fourth-order valence-electron chi connectivity index (χ4n) is 2.47. The predicted octanol–water partition coefficient (Wildman–Crippen LogP) is 3.70. The Bertz CT molecular complexity index is 1020. The molecule has 0 unspecified atom stereocenters. The third kappa shape index (κ3) is 6.16. The monoisotopic (exact) mass is 473 g/mol. The molecule has 7 nitrogen and oxygen atoms in total. The highest BCUT2D eigenvalue weighted by atomic mass is 79.9. The van der Waals surface area contributed by atoms with Crippen LogP contribution in [-0.2, 0) is 9.59 Å². The van der Waals surface area contributed by atoms with Crippen LogP contribution in [0, 0.1) is 13.8 Å². The lowest BCUT2D eigenvalue weighted by molar-refractivity contribution is -0.122. The first kappa shape index (κ1) is 21.1. The molecule has 2 aromatic carbocycles. The number of halogens is 1. The number of aryl methyl sites for hydroxylation is 2. The second-order valence-electron chi connectivity index (χ2n) is 6.41. The van der Waals surface area contributed by atoms with Crippen molar-refractivity contribution in [3.63, 3.8) is 0 Å². The lowest BCUT2D eigenvalue weighted by Crippen LogP contribution is -2.34. The van der Waals surface area contributed by atoms with E-state index in [1.165, 1.54) is 17.3 Å². The maximum Gasteiger partial charge on any atom is 0.243 e. The number of hydrogen-bond acceptors (Lipinski definition) is 5. The van der Waals surface area contributed by atoms with E-state index in [1.807, 2.05) is 56.3 Å². The quantitative estimate of drug-likeness (QED) is 0.454. The van der Waals surface area contributed by atoms with E-state index in [-0.39, 0.29) is 24.1 Å². The number of carbonyl (C=O) groups is 2. The Morgan fingerprint density at radius 3 is 2.59 bits per heavy atom. The summed E-state index contributed by atoms with van der Waals surface area (Å²) in [6.45, 7) is 3.82. The summed E-state index contributed by atoms with van der Waals surface area (Å²) >= 11 is 4.59. The molecule has 29 heavy (non-hydrogen) atoms. The minimum atomic E-state index is -0.284. The molecular formula is C20H20BrN5O2S. The molecule has 0 saturated carbocycles. The van der Waals surface area contributed by atoms with E-state index in [0.717, 1.165) is 15.6 Å². The van der Waals surface area contributed by atoms with Gasteiger partial charge in [0.1, 0.15) is 0 Å². The molecule has 2 amide bonds. The van der Waals surface area contributed by atoms with Crippen molar-refractivity contribution >= 4 is 45.2 Å². The second-order valence-corrected chi connectivity index (χ2v) is 8.26. The molecule has 1 aromatic heterocycles. The number of carbonyl (C=O) groups excluding carboxylic acids is 2. The molecule has 0 bridgehead atoms. The topological polar surface area (TPSA) is 99.8 Å². The SMILES string of the molecule is Cc1ccc(-c2nc(SCC(=O)NCC(=O)Nc3ccc(Br)cc3C)n[nH]2)cc1. The molecule has 3 N–H and O–H groups in total. The van der Waals surface area contributed by atoms with Crippen LogP contribution in [0.25, 0.3) is 11.4 Å².